The number of rotatable bonds is 8. The van der Waals surface area contributed by atoms with E-state index in [9.17, 15) is 4.79 Å². The molecule has 0 aliphatic heterocycles. The number of thioether (sulfide) groups is 1. The number of ether oxygens (including phenoxy) is 1. The van der Waals surface area contributed by atoms with Crippen LogP contribution < -0.4 is 10.1 Å². The van der Waals surface area contributed by atoms with Crippen molar-refractivity contribution in [3.05, 3.63) is 29.3 Å². The van der Waals surface area contributed by atoms with E-state index in [1.165, 1.54) is 25.7 Å². The van der Waals surface area contributed by atoms with Gasteiger partial charge in [0.1, 0.15) is 5.75 Å². The van der Waals surface area contributed by atoms with Crippen LogP contribution in [-0.2, 0) is 4.79 Å². The molecule has 23 heavy (non-hydrogen) atoms. The van der Waals surface area contributed by atoms with Crippen LogP contribution in [0.1, 0.15) is 50.2 Å². The Labute approximate surface area is 144 Å². The quantitative estimate of drug-likeness (QED) is 0.722. The summed E-state index contributed by atoms with van der Waals surface area (Å²) in [7, 11) is 0. The van der Waals surface area contributed by atoms with Crippen LogP contribution in [0.5, 0.6) is 5.75 Å². The van der Waals surface area contributed by atoms with Gasteiger partial charge in [0.2, 0.25) is 0 Å². The van der Waals surface area contributed by atoms with Crippen LogP contribution >= 0.6 is 11.8 Å². The molecule has 1 aromatic rings. The second kappa shape index (κ2) is 9.21. The minimum absolute atomic E-state index is 0.00122. The summed E-state index contributed by atoms with van der Waals surface area (Å²) in [5.74, 6) is 1.78. The van der Waals surface area contributed by atoms with E-state index in [4.69, 9.17) is 4.74 Å². The largest absolute Gasteiger partial charge is 0.481 e. The Hall–Kier alpha value is -1.16. The molecule has 2 rings (SSSR count). The van der Waals surface area contributed by atoms with Gasteiger partial charge in [0, 0.05) is 17.5 Å². The smallest absolute Gasteiger partial charge is 0.261 e. The predicted octanol–water partition coefficient (Wildman–Crippen LogP) is 4.25. The molecule has 0 bridgehead atoms. The molecule has 1 amide bonds. The molecule has 1 N–H and O–H groups in total. The number of nitrogens with one attached hydrogen (secondary N) is 1. The monoisotopic (exact) mass is 335 g/mol. The van der Waals surface area contributed by atoms with Crippen LogP contribution in [0, 0.1) is 13.8 Å². The molecular formula is C19H29NO2S. The highest BCUT2D eigenvalue weighted by atomic mass is 32.2. The summed E-state index contributed by atoms with van der Waals surface area (Å²) >= 11 is 2.00. The molecule has 1 saturated carbocycles. The van der Waals surface area contributed by atoms with E-state index >= 15 is 0 Å². The fraction of sp³-hybridized carbons (Fsp3) is 0.632. The van der Waals surface area contributed by atoms with E-state index in [1.807, 2.05) is 44.7 Å². The number of benzene rings is 1. The summed E-state index contributed by atoms with van der Waals surface area (Å²) < 4.78 is 5.90. The number of carbonyl (C=O) groups excluding carboxylic acids is 1. The maximum atomic E-state index is 12.3. The Morgan fingerprint density at radius 3 is 2.52 bits per heavy atom. The lowest BCUT2D eigenvalue weighted by atomic mass is 10.1. The fourth-order valence-electron chi connectivity index (χ4n) is 3.06. The first-order chi connectivity index (χ1) is 11.1. The molecule has 3 nitrogen and oxygen atoms in total. The minimum atomic E-state index is -0.410. The predicted molar refractivity (Wildman–Crippen MR) is 98.3 cm³/mol. The Balaban J connectivity index is 1.76. The summed E-state index contributed by atoms with van der Waals surface area (Å²) in [5, 5.41) is 3.83. The van der Waals surface area contributed by atoms with Crippen molar-refractivity contribution in [2.24, 2.45) is 0 Å². The number of hydrogen-bond acceptors (Lipinski definition) is 3. The number of carbonyl (C=O) groups is 1. The third-order valence-corrected chi connectivity index (χ3v) is 5.58. The third-order valence-electron chi connectivity index (χ3n) is 4.19. The maximum Gasteiger partial charge on any atom is 0.261 e. The van der Waals surface area contributed by atoms with E-state index in [2.05, 4.69) is 11.4 Å². The van der Waals surface area contributed by atoms with Gasteiger partial charge in [-0.15, -0.1) is 0 Å². The lowest BCUT2D eigenvalue weighted by molar-refractivity contribution is -0.127. The molecule has 1 atom stereocenters. The summed E-state index contributed by atoms with van der Waals surface area (Å²) in [6.07, 6.45) is 5.68. The van der Waals surface area contributed by atoms with Crippen molar-refractivity contribution < 1.29 is 9.53 Å². The molecule has 128 valence electrons. The first-order valence-corrected chi connectivity index (χ1v) is 9.77. The second-order valence-electron chi connectivity index (χ2n) is 6.41. The first-order valence-electron chi connectivity index (χ1n) is 8.72. The van der Waals surface area contributed by atoms with Gasteiger partial charge in [-0.2, -0.15) is 11.8 Å². The summed E-state index contributed by atoms with van der Waals surface area (Å²) in [6, 6.07) is 6.08. The zero-order chi connectivity index (χ0) is 16.7. The molecule has 0 aromatic heterocycles. The Kier molecular flexibility index (Phi) is 7.28. The highest BCUT2D eigenvalue weighted by Crippen LogP contribution is 2.28. The molecule has 0 unspecified atom stereocenters. The van der Waals surface area contributed by atoms with Crippen LogP contribution in [0.3, 0.4) is 0 Å². The van der Waals surface area contributed by atoms with Crippen LogP contribution in [-0.4, -0.2) is 29.6 Å². The third kappa shape index (κ3) is 6.09. The molecule has 1 aliphatic carbocycles. The summed E-state index contributed by atoms with van der Waals surface area (Å²) in [4.78, 5) is 12.3. The molecule has 1 aliphatic rings. The lowest BCUT2D eigenvalue weighted by Gasteiger charge is -2.18. The standard InChI is InChI=1S/C19H29NO2S/c1-4-18(22-16-12-14(2)11-15(3)13-16)19(21)20-9-10-23-17-7-5-6-8-17/h11-13,17-18H,4-10H2,1-3H3,(H,20,21)/t18-/m0/s1. The number of amides is 1. The molecule has 1 fully saturated rings. The van der Waals surface area contributed by atoms with E-state index in [1.54, 1.807) is 0 Å². The van der Waals surface area contributed by atoms with Crippen molar-refractivity contribution in [1.29, 1.82) is 0 Å². The summed E-state index contributed by atoms with van der Waals surface area (Å²) in [5.41, 5.74) is 2.31. The molecule has 0 saturated heterocycles. The average Bonchev–Trinajstić information content (AvgIpc) is 3.01. The number of aryl methyl sites for hydroxylation is 2. The van der Waals surface area contributed by atoms with Gasteiger partial charge in [-0.1, -0.05) is 25.8 Å². The Morgan fingerprint density at radius 2 is 1.91 bits per heavy atom. The molecular weight excluding hydrogens is 306 g/mol. The van der Waals surface area contributed by atoms with E-state index in [0.717, 1.165) is 34.4 Å². The number of hydrogen-bond donors (Lipinski definition) is 1. The van der Waals surface area contributed by atoms with Gasteiger partial charge >= 0.3 is 0 Å². The Morgan fingerprint density at radius 1 is 1.26 bits per heavy atom. The molecule has 0 heterocycles. The zero-order valence-electron chi connectivity index (χ0n) is 14.6. The van der Waals surface area contributed by atoms with Crippen molar-refractivity contribution in [1.82, 2.24) is 5.32 Å². The van der Waals surface area contributed by atoms with Crippen molar-refractivity contribution in [3.8, 4) is 5.75 Å². The van der Waals surface area contributed by atoms with Crippen molar-refractivity contribution >= 4 is 17.7 Å². The van der Waals surface area contributed by atoms with Gasteiger partial charge in [-0.3, -0.25) is 4.79 Å². The topological polar surface area (TPSA) is 38.3 Å². The summed E-state index contributed by atoms with van der Waals surface area (Å²) in [6.45, 7) is 6.80. The van der Waals surface area contributed by atoms with Gasteiger partial charge < -0.3 is 10.1 Å². The van der Waals surface area contributed by atoms with Crippen LogP contribution in [0.15, 0.2) is 18.2 Å². The van der Waals surface area contributed by atoms with E-state index in [0.29, 0.717) is 6.42 Å². The van der Waals surface area contributed by atoms with Crippen LogP contribution in [0.2, 0.25) is 0 Å². The van der Waals surface area contributed by atoms with Crippen LogP contribution in [0.4, 0.5) is 0 Å². The molecule has 1 aromatic carbocycles. The first kappa shape index (κ1) is 18.2. The van der Waals surface area contributed by atoms with E-state index < -0.39 is 6.10 Å². The maximum absolute atomic E-state index is 12.3. The SMILES string of the molecule is CC[C@H](Oc1cc(C)cc(C)c1)C(=O)NCCSC1CCCC1. The highest BCUT2D eigenvalue weighted by Gasteiger charge is 2.19. The van der Waals surface area contributed by atoms with Crippen molar-refractivity contribution in [3.63, 3.8) is 0 Å². The molecule has 0 spiro atoms. The van der Waals surface area contributed by atoms with Gasteiger partial charge in [0.25, 0.3) is 5.91 Å². The molecule has 0 radical (unpaired) electrons. The fourth-order valence-corrected chi connectivity index (χ4v) is 4.28. The van der Waals surface area contributed by atoms with Gasteiger partial charge in [0.15, 0.2) is 6.10 Å². The zero-order valence-corrected chi connectivity index (χ0v) is 15.4. The van der Waals surface area contributed by atoms with E-state index in [-0.39, 0.29) is 5.91 Å². The lowest BCUT2D eigenvalue weighted by Crippen LogP contribution is -2.39. The highest BCUT2D eigenvalue weighted by molar-refractivity contribution is 7.99. The van der Waals surface area contributed by atoms with Gasteiger partial charge in [-0.25, -0.2) is 0 Å². The van der Waals surface area contributed by atoms with Crippen molar-refractivity contribution in [2.75, 3.05) is 12.3 Å². The minimum Gasteiger partial charge on any atom is -0.481 e. The second-order valence-corrected chi connectivity index (χ2v) is 7.81. The van der Waals surface area contributed by atoms with Crippen molar-refractivity contribution in [2.45, 2.75) is 64.2 Å². The Bertz CT molecular complexity index is 492. The van der Waals surface area contributed by atoms with Crippen LogP contribution in [0.25, 0.3) is 0 Å². The van der Waals surface area contributed by atoms with Gasteiger partial charge in [-0.05, 0) is 56.4 Å². The normalized spacial score (nSPS) is 16.3. The molecule has 4 heteroatoms. The van der Waals surface area contributed by atoms with Gasteiger partial charge in [0.05, 0.1) is 0 Å². The average molecular weight is 336 g/mol.